The van der Waals surface area contributed by atoms with Gasteiger partial charge in [-0.25, -0.2) is 12.8 Å². The first-order valence-corrected chi connectivity index (χ1v) is 13.7. The molecule has 1 N–H and O–H groups in total. The Kier molecular flexibility index (Phi) is 10.5. The Morgan fingerprint density at radius 1 is 1.09 bits per heavy atom. The van der Waals surface area contributed by atoms with Crippen molar-refractivity contribution in [3.05, 3.63) is 64.9 Å². The highest BCUT2D eigenvalue weighted by atomic mass is 35.5. The third-order valence-electron chi connectivity index (χ3n) is 5.74. The van der Waals surface area contributed by atoms with Crippen LogP contribution in [0.4, 0.5) is 10.1 Å². The van der Waals surface area contributed by atoms with E-state index >= 15 is 0 Å². The first-order chi connectivity index (χ1) is 16.5. The summed E-state index contributed by atoms with van der Waals surface area (Å²) in [6.45, 7) is 5.52. The van der Waals surface area contributed by atoms with Crippen LogP contribution >= 0.6 is 11.6 Å². The maximum absolute atomic E-state index is 14.3. The van der Waals surface area contributed by atoms with Crippen LogP contribution in [0.1, 0.15) is 45.6 Å². The lowest BCUT2D eigenvalue weighted by Crippen LogP contribution is -2.49. The van der Waals surface area contributed by atoms with Crippen LogP contribution in [0.5, 0.6) is 0 Å². The van der Waals surface area contributed by atoms with Gasteiger partial charge < -0.3 is 10.2 Å². The average molecular weight is 526 g/mol. The van der Waals surface area contributed by atoms with E-state index in [1.54, 1.807) is 37.3 Å². The number of anilines is 1. The number of nitrogens with one attached hydrogen (secondary N) is 1. The summed E-state index contributed by atoms with van der Waals surface area (Å²) in [5, 5.41) is 3.37. The number of benzene rings is 2. The molecule has 0 saturated carbocycles. The zero-order valence-electron chi connectivity index (χ0n) is 20.5. The van der Waals surface area contributed by atoms with Gasteiger partial charge in [0.25, 0.3) is 0 Å². The highest BCUT2D eigenvalue weighted by Crippen LogP contribution is 2.23. The molecular formula is C25H33ClFN3O4S. The minimum atomic E-state index is -3.77. The zero-order valence-corrected chi connectivity index (χ0v) is 22.1. The molecule has 0 aliphatic rings. The molecule has 0 heterocycles. The maximum atomic E-state index is 14.3. The Morgan fingerprint density at radius 3 is 2.31 bits per heavy atom. The second-order valence-electron chi connectivity index (χ2n) is 8.50. The molecule has 2 atom stereocenters. The second-order valence-corrected chi connectivity index (χ2v) is 10.8. The molecule has 0 radical (unpaired) electrons. The van der Waals surface area contributed by atoms with E-state index in [0.29, 0.717) is 10.6 Å². The molecule has 0 spiro atoms. The number of halogens is 2. The van der Waals surface area contributed by atoms with Crippen molar-refractivity contribution in [2.45, 2.75) is 58.7 Å². The number of carbonyl (C=O) groups excluding carboxylic acids is 2. The predicted molar refractivity (Wildman–Crippen MR) is 137 cm³/mol. The number of hydrogen-bond donors (Lipinski definition) is 1. The van der Waals surface area contributed by atoms with Gasteiger partial charge in [0.1, 0.15) is 11.9 Å². The SMILES string of the molecule is CCC(C)NC(=O)C(C)N(Cc1ccccc1Cl)C(=O)CCCN(c1ccccc1F)S(C)(=O)=O. The van der Waals surface area contributed by atoms with Gasteiger partial charge in [0.2, 0.25) is 21.8 Å². The first kappa shape index (κ1) is 28.6. The van der Waals surface area contributed by atoms with Crippen LogP contribution in [0, 0.1) is 5.82 Å². The Hall–Kier alpha value is -2.65. The van der Waals surface area contributed by atoms with Crippen molar-refractivity contribution < 1.29 is 22.4 Å². The van der Waals surface area contributed by atoms with Gasteiger partial charge in [-0.1, -0.05) is 48.9 Å². The van der Waals surface area contributed by atoms with Gasteiger partial charge in [0.05, 0.1) is 11.9 Å². The number of amides is 2. The number of nitrogens with zero attached hydrogens (tertiary/aromatic N) is 2. The molecule has 2 aromatic carbocycles. The van der Waals surface area contributed by atoms with Gasteiger partial charge in [0.15, 0.2) is 0 Å². The Balaban J connectivity index is 2.20. The van der Waals surface area contributed by atoms with Crippen LogP contribution in [-0.2, 0) is 26.2 Å². The second kappa shape index (κ2) is 12.9. The lowest BCUT2D eigenvalue weighted by Gasteiger charge is -2.30. The minimum absolute atomic E-state index is 0.0358. The van der Waals surface area contributed by atoms with Crippen molar-refractivity contribution in [1.29, 1.82) is 0 Å². The molecule has 2 aromatic rings. The molecule has 0 aliphatic carbocycles. The summed E-state index contributed by atoms with van der Waals surface area (Å²) in [7, 11) is -3.77. The smallest absolute Gasteiger partial charge is 0.242 e. The molecule has 0 fully saturated rings. The van der Waals surface area contributed by atoms with Crippen molar-refractivity contribution in [2.24, 2.45) is 0 Å². The third kappa shape index (κ3) is 8.21. The van der Waals surface area contributed by atoms with Crippen molar-refractivity contribution >= 4 is 39.1 Å². The quantitative estimate of drug-likeness (QED) is 0.446. The molecule has 2 rings (SSSR count). The van der Waals surface area contributed by atoms with Gasteiger partial charge >= 0.3 is 0 Å². The number of rotatable bonds is 12. The topological polar surface area (TPSA) is 86.8 Å². The fourth-order valence-corrected chi connectivity index (χ4v) is 4.66. The Morgan fingerprint density at radius 2 is 1.71 bits per heavy atom. The van der Waals surface area contributed by atoms with E-state index in [-0.39, 0.29) is 49.5 Å². The third-order valence-corrected chi connectivity index (χ3v) is 7.29. The van der Waals surface area contributed by atoms with Crippen LogP contribution in [0.15, 0.2) is 48.5 Å². The summed E-state index contributed by atoms with van der Waals surface area (Å²) in [6.07, 6.45) is 1.84. The predicted octanol–water partition coefficient (Wildman–Crippen LogP) is 4.36. The summed E-state index contributed by atoms with van der Waals surface area (Å²) in [4.78, 5) is 27.5. The van der Waals surface area contributed by atoms with E-state index in [4.69, 9.17) is 11.6 Å². The lowest BCUT2D eigenvalue weighted by atomic mass is 10.1. The number of sulfonamides is 1. The lowest BCUT2D eigenvalue weighted by molar-refractivity contribution is -0.140. The van der Waals surface area contributed by atoms with E-state index in [2.05, 4.69) is 5.32 Å². The number of para-hydroxylation sites is 1. The largest absolute Gasteiger partial charge is 0.352 e. The van der Waals surface area contributed by atoms with Gasteiger partial charge in [0, 0.05) is 30.6 Å². The van der Waals surface area contributed by atoms with Crippen molar-refractivity contribution in [1.82, 2.24) is 10.2 Å². The maximum Gasteiger partial charge on any atom is 0.242 e. The average Bonchev–Trinajstić information content (AvgIpc) is 2.80. The van der Waals surface area contributed by atoms with Crippen LogP contribution in [-0.4, -0.2) is 50.0 Å². The molecule has 0 aromatic heterocycles. The molecule has 192 valence electrons. The summed E-state index contributed by atoms with van der Waals surface area (Å²) >= 11 is 6.30. The fourth-order valence-electron chi connectivity index (χ4n) is 3.49. The molecule has 2 amide bonds. The van der Waals surface area contributed by atoms with Crippen LogP contribution < -0.4 is 9.62 Å². The molecule has 0 aliphatic heterocycles. The van der Waals surface area contributed by atoms with Crippen LogP contribution in [0.25, 0.3) is 0 Å². The highest BCUT2D eigenvalue weighted by Gasteiger charge is 2.28. The number of carbonyl (C=O) groups is 2. The summed E-state index contributed by atoms with van der Waals surface area (Å²) < 4.78 is 39.8. The minimum Gasteiger partial charge on any atom is -0.352 e. The normalized spacial score (nSPS) is 13.1. The molecule has 0 saturated heterocycles. The molecule has 0 bridgehead atoms. The van der Waals surface area contributed by atoms with Gasteiger partial charge in [-0.3, -0.25) is 13.9 Å². The molecule has 2 unspecified atom stereocenters. The summed E-state index contributed by atoms with van der Waals surface area (Å²) in [6, 6.07) is 11.8. The number of hydrogen-bond acceptors (Lipinski definition) is 4. The standard InChI is InChI=1S/C25H33ClFN3O4S/c1-5-18(2)28-25(32)19(3)29(17-20-11-6-7-12-21(20)26)24(31)15-10-16-30(35(4,33)34)23-14-9-8-13-22(23)27/h6-9,11-14,18-19H,5,10,15-17H2,1-4H3,(H,28,32). The molecule has 7 nitrogen and oxygen atoms in total. The summed E-state index contributed by atoms with van der Waals surface area (Å²) in [5.74, 6) is -1.29. The summed E-state index contributed by atoms with van der Waals surface area (Å²) in [5.41, 5.74) is 0.617. The highest BCUT2D eigenvalue weighted by molar-refractivity contribution is 7.92. The molecule has 35 heavy (non-hydrogen) atoms. The molecule has 10 heteroatoms. The monoisotopic (exact) mass is 525 g/mol. The first-order valence-electron chi connectivity index (χ1n) is 11.5. The zero-order chi connectivity index (χ0) is 26.2. The van der Waals surface area contributed by atoms with E-state index in [0.717, 1.165) is 17.0 Å². The van der Waals surface area contributed by atoms with Crippen LogP contribution in [0.2, 0.25) is 5.02 Å². The van der Waals surface area contributed by atoms with Crippen molar-refractivity contribution in [3.8, 4) is 0 Å². The van der Waals surface area contributed by atoms with E-state index in [1.807, 2.05) is 13.8 Å². The Bertz CT molecular complexity index is 1130. The van der Waals surface area contributed by atoms with Gasteiger partial charge in [-0.2, -0.15) is 0 Å². The Labute approximate surface area is 212 Å². The fraction of sp³-hybridized carbons (Fsp3) is 0.440. The van der Waals surface area contributed by atoms with Crippen LogP contribution in [0.3, 0.4) is 0 Å². The van der Waals surface area contributed by atoms with E-state index in [1.165, 1.54) is 23.1 Å². The van der Waals surface area contributed by atoms with E-state index in [9.17, 15) is 22.4 Å². The van der Waals surface area contributed by atoms with Crippen molar-refractivity contribution in [3.63, 3.8) is 0 Å². The van der Waals surface area contributed by atoms with Crippen molar-refractivity contribution in [2.75, 3.05) is 17.1 Å². The van der Waals surface area contributed by atoms with Gasteiger partial charge in [-0.15, -0.1) is 0 Å². The van der Waals surface area contributed by atoms with Gasteiger partial charge in [-0.05, 0) is 50.5 Å². The molecular weight excluding hydrogens is 493 g/mol. The van der Waals surface area contributed by atoms with E-state index < -0.39 is 21.9 Å².